The molecule has 29 heavy (non-hydrogen) atoms. The summed E-state index contributed by atoms with van der Waals surface area (Å²) in [7, 11) is 2.21. The summed E-state index contributed by atoms with van der Waals surface area (Å²) in [6.45, 7) is 4.54. The first-order valence-corrected chi connectivity index (χ1v) is 10.6. The Hall–Kier alpha value is -3.02. The average Bonchev–Trinajstić information content (AvgIpc) is 3.51. The van der Waals surface area contributed by atoms with Crippen molar-refractivity contribution < 1.29 is 4.98 Å². The number of anilines is 1. The summed E-state index contributed by atoms with van der Waals surface area (Å²) in [5.41, 5.74) is 7.95. The van der Waals surface area contributed by atoms with E-state index in [2.05, 4.69) is 72.0 Å². The lowest BCUT2D eigenvalue weighted by Gasteiger charge is -2.19. The fourth-order valence-corrected chi connectivity index (χ4v) is 5.55. The highest BCUT2D eigenvalue weighted by molar-refractivity contribution is 7.16. The van der Waals surface area contributed by atoms with E-state index in [1.807, 2.05) is 12.4 Å². The number of nitrogens with zero attached hydrogens (tertiary/aromatic N) is 6. The summed E-state index contributed by atoms with van der Waals surface area (Å²) in [6.07, 6.45) is 3.69. The molecule has 8 heteroatoms. The van der Waals surface area contributed by atoms with Gasteiger partial charge in [-0.1, -0.05) is 6.07 Å². The van der Waals surface area contributed by atoms with Crippen LogP contribution in [-0.4, -0.2) is 58.5 Å². The monoisotopic (exact) mass is 402 g/mol. The molecular formula is C21H20N7S+. The largest absolute Gasteiger partial charge is 0.383 e. The molecule has 1 aromatic carbocycles. The van der Waals surface area contributed by atoms with Crippen LogP contribution in [0.15, 0.2) is 36.7 Å². The second-order valence-electron chi connectivity index (χ2n) is 8.05. The smallest absolute Gasteiger partial charge is 0.354 e. The number of hydrogen-bond acceptors (Lipinski definition) is 6. The van der Waals surface area contributed by atoms with E-state index in [0.29, 0.717) is 0 Å². The number of H-pyrrole nitrogens is 1. The fraction of sp³-hybridized carbons (Fsp3) is 0.333. The van der Waals surface area contributed by atoms with Crippen molar-refractivity contribution >= 4 is 27.4 Å². The van der Waals surface area contributed by atoms with Crippen LogP contribution in [0.1, 0.15) is 0 Å². The van der Waals surface area contributed by atoms with Crippen LogP contribution in [-0.2, 0) is 0 Å². The van der Waals surface area contributed by atoms with Gasteiger partial charge in [0.15, 0.2) is 5.82 Å². The van der Waals surface area contributed by atoms with Crippen molar-refractivity contribution in [3.8, 4) is 22.4 Å². The summed E-state index contributed by atoms with van der Waals surface area (Å²) in [5, 5.41) is 16.1. The average molecular weight is 403 g/mol. The van der Waals surface area contributed by atoms with E-state index in [4.69, 9.17) is 0 Å². The van der Waals surface area contributed by atoms with Crippen LogP contribution < -0.4 is 9.88 Å². The molecule has 0 saturated carbocycles. The molecule has 1 N–H and O–H groups in total. The van der Waals surface area contributed by atoms with Gasteiger partial charge < -0.3 is 9.80 Å². The number of rotatable bonds is 3. The lowest BCUT2D eigenvalue weighted by molar-refractivity contribution is -0.253. The first-order chi connectivity index (χ1) is 14.3. The molecule has 144 valence electrons. The Morgan fingerprint density at radius 1 is 1.07 bits per heavy atom. The van der Waals surface area contributed by atoms with E-state index in [1.54, 1.807) is 0 Å². The van der Waals surface area contributed by atoms with Crippen LogP contribution in [0.3, 0.4) is 0 Å². The van der Waals surface area contributed by atoms with Gasteiger partial charge in [0.05, 0.1) is 17.5 Å². The number of nitrogens with one attached hydrogen (secondary N) is 1. The molecule has 2 saturated heterocycles. The first-order valence-electron chi connectivity index (χ1n) is 9.82. The molecule has 0 amide bonds. The molecule has 0 spiro atoms. The standard InChI is InChI=1S/C21H20N7S/c1-27-8-14-10-28(11-15(14)9-27)19-5-4-18(25-26-19)17-3-2-16(13-6-23-24-7-13)20-21(17)29-12-22-20/h2-7,14-15H,8-11H2,1H3,(H,23,24)/q+1. The second-order valence-corrected chi connectivity index (χ2v) is 8.85. The number of likely N-dealkylation sites (tertiary alicyclic amines) is 1. The highest BCUT2D eigenvalue weighted by Gasteiger charge is 2.39. The van der Waals surface area contributed by atoms with Gasteiger partial charge in [-0.2, -0.15) is 5.10 Å². The molecule has 2 aliphatic rings. The molecule has 7 nitrogen and oxygen atoms in total. The SMILES string of the molecule is CN1CC2CN(c3ccc(-c4ccc(-c5cn[nH]c5)c5[n+]#csc45)nn3)CC2C1. The van der Waals surface area contributed by atoms with Crippen LogP contribution >= 0.6 is 11.3 Å². The van der Waals surface area contributed by atoms with Gasteiger partial charge in [0.1, 0.15) is 4.70 Å². The number of aromatic amines is 1. The van der Waals surface area contributed by atoms with Gasteiger partial charge in [-0.15, -0.1) is 10.2 Å². The van der Waals surface area contributed by atoms with Gasteiger partial charge in [-0.05, 0) is 42.1 Å². The third-order valence-corrected chi connectivity index (χ3v) is 6.97. The molecular weight excluding hydrogens is 382 g/mol. The van der Waals surface area contributed by atoms with Crippen LogP contribution in [0.4, 0.5) is 5.82 Å². The molecule has 4 aromatic rings. The zero-order chi connectivity index (χ0) is 19.4. The van der Waals surface area contributed by atoms with Crippen LogP contribution in [0.2, 0.25) is 0 Å². The minimum absolute atomic E-state index is 0.754. The predicted molar refractivity (Wildman–Crippen MR) is 112 cm³/mol. The normalized spacial score (nSPS) is 21.6. The van der Waals surface area contributed by atoms with Crippen molar-refractivity contribution in [1.82, 2.24) is 25.3 Å². The van der Waals surface area contributed by atoms with E-state index < -0.39 is 0 Å². The minimum Gasteiger partial charge on any atom is -0.354 e. The molecule has 2 fully saturated rings. The van der Waals surface area contributed by atoms with Crippen molar-refractivity contribution in [2.24, 2.45) is 11.8 Å². The summed E-state index contributed by atoms with van der Waals surface area (Å²) < 4.78 is 1.07. The van der Waals surface area contributed by atoms with Crippen molar-refractivity contribution in [3.63, 3.8) is 0 Å². The van der Waals surface area contributed by atoms with Gasteiger partial charge in [-0.3, -0.25) is 5.10 Å². The molecule has 0 bridgehead atoms. The lowest BCUT2D eigenvalue weighted by atomic mass is 10.0. The molecule has 6 rings (SSSR count). The molecule has 0 radical (unpaired) electrons. The Balaban J connectivity index is 1.31. The Morgan fingerprint density at radius 3 is 2.62 bits per heavy atom. The quantitative estimate of drug-likeness (QED) is 0.566. The third-order valence-electron chi connectivity index (χ3n) is 6.17. The van der Waals surface area contributed by atoms with Crippen molar-refractivity contribution in [1.29, 1.82) is 0 Å². The van der Waals surface area contributed by atoms with Gasteiger partial charge in [0, 0.05) is 54.8 Å². The van der Waals surface area contributed by atoms with Crippen molar-refractivity contribution in [2.45, 2.75) is 0 Å². The van der Waals surface area contributed by atoms with Crippen molar-refractivity contribution in [2.75, 3.05) is 38.1 Å². The Morgan fingerprint density at radius 2 is 1.90 bits per heavy atom. The predicted octanol–water partition coefficient (Wildman–Crippen LogP) is 2.15. The maximum Gasteiger partial charge on any atom is 0.383 e. The molecule has 3 aromatic heterocycles. The van der Waals surface area contributed by atoms with E-state index in [-0.39, 0.29) is 0 Å². The Kier molecular flexibility index (Phi) is 3.79. The van der Waals surface area contributed by atoms with E-state index in [0.717, 1.165) is 63.3 Å². The highest BCUT2D eigenvalue weighted by Crippen LogP contribution is 2.35. The summed E-state index contributed by atoms with van der Waals surface area (Å²) in [6, 6.07) is 8.35. The van der Waals surface area contributed by atoms with E-state index >= 15 is 0 Å². The number of aromatic nitrogens is 5. The minimum atomic E-state index is 0.754. The zero-order valence-corrected chi connectivity index (χ0v) is 16.9. The first kappa shape index (κ1) is 16.9. The highest BCUT2D eigenvalue weighted by atomic mass is 32.1. The molecule has 2 unspecified atom stereocenters. The van der Waals surface area contributed by atoms with Crippen molar-refractivity contribution in [3.05, 3.63) is 42.2 Å². The molecule has 5 heterocycles. The van der Waals surface area contributed by atoms with E-state index in [1.165, 1.54) is 24.4 Å². The summed E-state index contributed by atoms with van der Waals surface area (Å²) >= 11 is 1.51. The van der Waals surface area contributed by atoms with Gasteiger partial charge in [0.2, 0.25) is 0 Å². The fourth-order valence-electron chi connectivity index (χ4n) is 4.78. The topological polar surface area (TPSA) is 75.0 Å². The molecule has 2 atom stereocenters. The maximum atomic E-state index is 4.57. The molecule has 0 aliphatic carbocycles. The van der Waals surface area contributed by atoms with Crippen LogP contribution in [0.5, 0.6) is 0 Å². The second kappa shape index (κ2) is 6.51. The summed E-state index contributed by atoms with van der Waals surface area (Å²) in [5.74, 6) is 2.49. The van der Waals surface area contributed by atoms with E-state index in [9.17, 15) is 0 Å². The Labute approximate surface area is 172 Å². The van der Waals surface area contributed by atoms with Gasteiger partial charge in [0.25, 0.3) is 0 Å². The number of benzene rings is 1. The molecule has 2 aliphatic heterocycles. The van der Waals surface area contributed by atoms with Crippen LogP contribution in [0, 0.1) is 17.3 Å². The lowest BCUT2D eigenvalue weighted by Crippen LogP contribution is -2.27. The van der Waals surface area contributed by atoms with Gasteiger partial charge in [-0.25, -0.2) is 0 Å². The Bertz CT molecular complexity index is 1140. The van der Waals surface area contributed by atoms with Gasteiger partial charge >= 0.3 is 11.0 Å². The van der Waals surface area contributed by atoms with Crippen LogP contribution in [0.25, 0.3) is 32.6 Å². The maximum absolute atomic E-state index is 4.57. The summed E-state index contributed by atoms with van der Waals surface area (Å²) in [4.78, 5) is 9.29. The number of fused-ring (bicyclic) bond motifs is 2. The third kappa shape index (κ3) is 2.77. The number of hydrogen-bond donors (Lipinski definition) is 1. The zero-order valence-electron chi connectivity index (χ0n) is 16.0.